The first-order valence-corrected chi connectivity index (χ1v) is 7.22. The SMILES string of the molecule is NCCc1c(F)cccc1Sc1ccc(Br)cc1. The third-order valence-electron chi connectivity index (χ3n) is 2.51. The summed E-state index contributed by atoms with van der Waals surface area (Å²) in [5.74, 6) is -0.178. The molecule has 0 radical (unpaired) electrons. The lowest BCUT2D eigenvalue weighted by Crippen LogP contribution is -2.05. The van der Waals surface area contributed by atoms with E-state index in [9.17, 15) is 4.39 Å². The van der Waals surface area contributed by atoms with Crippen LogP contribution in [0.3, 0.4) is 0 Å². The second-order valence-corrected chi connectivity index (χ2v) is 5.84. The number of halogens is 2. The van der Waals surface area contributed by atoms with Crippen molar-refractivity contribution < 1.29 is 4.39 Å². The summed E-state index contributed by atoms with van der Waals surface area (Å²) >= 11 is 4.96. The number of benzene rings is 2. The van der Waals surface area contributed by atoms with Crippen LogP contribution in [0.4, 0.5) is 4.39 Å². The van der Waals surface area contributed by atoms with Crippen LogP contribution in [-0.4, -0.2) is 6.54 Å². The third kappa shape index (κ3) is 3.34. The number of hydrogen-bond donors (Lipinski definition) is 1. The van der Waals surface area contributed by atoms with Crippen LogP contribution < -0.4 is 5.73 Å². The topological polar surface area (TPSA) is 26.0 Å². The molecule has 0 aliphatic heterocycles. The molecular weight excluding hydrogens is 313 g/mol. The van der Waals surface area contributed by atoms with E-state index in [0.717, 1.165) is 14.3 Å². The average molecular weight is 326 g/mol. The van der Waals surface area contributed by atoms with Gasteiger partial charge in [-0.3, -0.25) is 0 Å². The van der Waals surface area contributed by atoms with E-state index in [2.05, 4.69) is 15.9 Å². The molecule has 0 heterocycles. The van der Waals surface area contributed by atoms with Gasteiger partial charge < -0.3 is 5.73 Å². The summed E-state index contributed by atoms with van der Waals surface area (Å²) in [6, 6.07) is 13.1. The molecule has 2 N–H and O–H groups in total. The van der Waals surface area contributed by atoms with Gasteiger partial charge in [0, 0.05) is 19.8 Å². The van der Waals surface area contributed by atoms with Crippen LogP contribution in [0.2, 0.25) is 0 Å². The minimum Gasteiger partial charge on any atom is -0.330 e. The fourth-order valence-corrected chi connectivity index (χ4v) is 2.91. The number of nitrogens with two attached hydrogens (primary N) is 1. The fourth-order valence-electron chi connectivity index (χ4n) is 1.65. The average Bonchev–Trinajstić information content (AvgIpc) is 2.36. The highest BCUT2D eigenvalue weighted by Gasteiger charge is 2.08. The van der Waals surface area contributed by atoms with E-state index in [1.54, 1.807) is 17.8 Å². The molecule has 94 valence electrons. The van der Waals surface area contributed by atoms with Crippen molar-refractivity contribution in [1.29, 1.82) is 0 Å². The van der Waals surface area contributed by atoms with Crippen molar-refractivity contribution in [2.24, 2.45) is 5.73 Å². The Bertz CT molecular complexity index is 528. The van der Waals surface area contributed by atoms with Gasteiger partial charge in [0.2, 0.25) is 0 Å². The standard InChI is InChI=1S/C14H13BrFNS/c15-10-4-6-11(7-5-10)18-14-3-1-2-13(16)12(14)8-9-17/h1-7H,8-9,17H2. The van der Waals surface area contributed by atoms with E-state index in [0.29, 0.717) is 18.5 Å². The predicted molar refractivity (Wildman–Crippen MR) is 77.4 cm³/mol. The van der Waals surface area contributed by atoms with Gasteiger partial charge in [-0.1, -0.05) is 33.8 Å². The van der Waals surface area contributed by atoms with Crippen molar-refractivity contribution in [2.45, 2.75) is 16.2 Å². The minimum atomic E-state index is -0.178. The lowest BCUT2D eigenvalue weighted by Gasteiger charge is -2.09. The van der Waals surface area contributed by atoms with Gasteiger partial charge in [0.15, 0.2) is 0 Å². The molecule has 0 saturated carbocycles. The Morgan fingerprint density at radius 3 is 2.50 bits per heavy atom. The zero-order valence-electron chi connectivity index (χ0n) is 9.70. The molecular formula is C14H13BrFNS. The minimum absolute atomic E-state index is 0.178. The Labute approximate surface area is 119 Å². The molecule has 0 amide bonds. The molecule has 0 unspecified atom stereocenters. The molecule has 0 aromatic heterocycles. The highest BCUT2D eigenvalue weighted by atomic mass is 79.9. The molecule has 0 spiro atoms. The first-order valence-electron chi connectivity index (χ1n) is 5.61. The first-order chi connectivity index (χ1) is 8.70. The number of rotatable bonds is 4. The molecule has 18 heavy (non-hydrogen) atoms. The third-order valence-corrected chi connectivity index (χ3v) is 4.15. The van der Waals surface area contributed by atoms with Crippen molar-refractivity contribution in [3.05, 3.63) is 58.3 Å². The van der Waals surface area contributed by atoms with Gasteiger partial charge in [0.1, 0.15) is 5.82 Å². The Morgan fingerprint density at radius 1 is 1.11 bits per heavy atom. The van der Waals surface area contributed by atoms with E-state index in [1.807, 2.05) is 30.3 Å². The molecule has 0 saturated heterocycles. The molecule has 2 rings (SSSR count). The molecule has 0 aliphatic carbocycles. The lowest BCUT2D eigenvalue weighted by atomic mass is 10.1. The van der Waals surface area contributed by atoms with Crippen LogP contribution in [0.5, 0.6) is 0 Å². The smallest absolute Gasteiger partial charge is 0.127 e. The number of hydrogen-bond acceptors (Lipinski definition) is 2. The van der Waals surface area contributed by atoms with Crippen molar-refractivity contribution in [3.63, 3.8) is 0 Å². The summed E-state index contributed by atoms with van der Waals surface area (Å²) in [5, 5.41) is 0. The van der Waals surface area contributed by atoms with E-state index < -0.39 is 0 Å². The summed E-state index contributed by atoms with van der Waals surface area (Å²) in [6.07, 6.45) is 0.561. The Kier molecular flexibility index (Phi) is 4.80. The van der Waals surface area contributed by atoms with Crippen LogP contribution in [0.15, 0.2) is 56.7 Å². The maximum Gasteiger partial charge on any atom is 0.127 e. The highest BCUT2D eigenvalue weighted by molar-refractivity contribution is 9.10. The Morgan fingerprint density at radius 2 is 1.83 bits per heavy atom. The molecule has 1 nitrogen and oxygen atoms in total. The molecule has 2 aromatic carbocycles. The summed E-state index contributed by atoms with van der Waals surface area (Å²) < 4.78 is 14.8. The van der Waals surface area contributed by atoms with Crippen LogP contribution in [0.25, 0.3) is 0 Å². The van der Waals surface area contributed by atoms with Crippen molar-refractivity contribution in [3.8, 4) is 0 Å². The largest absolute Gasteiger partial charge is 0.330 e. The normalized spacial score (nSPS) is 10.6. The lowest BCUT2D eigenvalue weighted by molar-refractivity contribution is 0.603. The first kappa shape index (κ1) is 13.6. The van der Waals surface area contributed by atoms with Gasteiger partial charge in [-0.2, -0.15) is 0 Å². The van der Waals surface area contributed by atoms with E-state index in [-0.39, 0.29) is 5.82 Å². The van der Waals surface area contributed by atoms with Crippen LogP contribution >= 0.6 is 27.7 Å². The summed E-state index contributed by atoms with van der Waals surface area (Å²) in [7, 11) is 0. The summed E-state index contributed by atoms with van der Waals surface area (Å²) in [5.41, 5.74) is 6.23. The molecule has 2 aromatic rings. The summed E-state index contributed by atoms with van der Waals surface area (Å²) in [6.45, 7) is 0.453. The summed E-state index contributed by atoms with van der Waals surface area (Å²) in [4.78, 5) is 2.02. The zero-order valence-corrected chi connectivity index (χ0v) is 12.1. The van der Waals surface area contributed by atoms with Gasteiger partial charge >= 0.3 is 0 Å². The second-order valence-electron chi connectivity index (χ2n) is 3.81. The molecule has 0 atom stereocenters. The zero-order chi connectivity index (χ0) is 13.0. The van der Waals surface area contributed by atoms with Crippen LogP contribution in [0, 0.1) is 5.82 Å². The van der Waals surface area contributed by atoms with Gasteiger partial charge in [0.05, 0.1) is 0 Å². The molecule has 0 fully saturated rings. The van der Waals surface area contributed by atoms with Crippen molar-refractivity contribution in [1.82, 2.24) is 0 Å². The van der Waals surface area contributed by atoms with Crippen molar-refractivity contribution in [2.75, 3.05) is 6.54 Å². The van der Waals surface area contributed by atoms with Gasteiger partial charge in [-0.25, -0.2) is 4.39 Å². The molecule has 0 bridgehead atoms. The van der Waals surface area contributed by atoms with E-state index in [1.165, 1.54) is 6.07 Å². The second kappa shape index (κ2) is 6.36. The Balaban J connectivity index is 2.28. The maximum atomic E-state index is 13.7. The van der Waals surface area contributed by atoms with E-state index >= 15 is 0 Å². The molecule has 4 heteroatoms. The van der Waals surface area contributed by atoms with Gasteiger partial charge in [0.25, 0.3) is 0 Å². The van der Waals surface area contributed by atoms with Gasteiger partial charge in [-0.15, -0.1) is 0 Å². The van der Waals surface area contributed by atoms with Crippen LogP contribution in [-0.2, 0) is 6.42 Å². The van der Waals surface area contributed by atoms with Crippen LogP contribution in [0.1, 0.15) is 5.56 Å². The predicted octanol–water partition coefficient (Wildman–Crippen LogP) is 4.24. The Hall–Kier alpha value is -0.840. The van der Waals surface area contributed by atoms with Gasteiger partial charge in [-0.05, 0) is 49.4 Å². The fraction of sp³-hybridized carbons (Fsp3) is 0.143. The highest BCUT2D eigenvalue weighted by Crippen LogP contribution is 2.32. The van der Waals surface area contributed by atoms with E-state index in [4.69, 9.17) is 5.73 Å². The quantitative estimate of drug-likeness (QED) is 0.909. The molecule has 0 aliphatic rings. The van der Waals surface area contributed by atoms with Crippen molar-refractivity contribution >= 4 is 27.7 Å². The monoisotopic (exact) mass is 325 g/mol. The maximum absolute atomic E-state index is 13.7.